The third-order valence-electron chi connectivity index (χ3n) is 3.03. The van der Waals surface area contributed by atoms with Crippen LogP contribution in [0.1, 0.15) is 0 Å². The van der Waals surface area contributed by atoms with Gasteiger partial charge < -0.3 is 10.6 Å². The minimum atomic E-state index is -1.56. The highest BCUT2D eigenvalue weighted by atomic mass is 35.5. The third kappa shape index (κ3) is 3.57. The predicted octanol–water partition coefficient (Wildman–Crippen LogP) is 5.03. The monoisotopic (exact) mass is 350 g/mol. The molecule has 8 heteroatoms. The summed E-state index contributed by atoms with van der Waals surface area (Å²) in [5.41, 5.74) is 0.431. The molecule has 0 fully saturated rings. The molecule has 0 amide bonds. The van der Waals surface area contributed by atoms with E-state index < -0.39 is 17.5 Å². The molecule has 3 rings (SSSR count). The van der Waals surface area contributed by atoms with Crippen LogP contribution >= 0.6 is 11.6 Å². The first-order chi connectivity index (χ1) is 11.5. The molecule has 0 spiro atoms. The minimum absolute atomic E-state index is 0.0203. The average Bonchev–Trinajstić information content (AvgIpc) is 2.56. The fourth-order valence-corrected chi connectivity index (χ4v) is 2.14. The van der Waals surface area contributed by atoms with Crippen molar-refractivity contribution in [3.05, 3.63) is 71.1 Å². The smallest absolute Gasteiger partial charge is 0.229 e. The molecule has 0 bridgehead atoms. The van der Waals surface area contributed by atoms with Crippen molar-refractivity contribution in [3.63, 3.8) is 0 Å². The molecular formula is C16H10ClF3N4. The first-order valence-corrected chi connectivity index (χ1v) is 7.17. The highest BCUT2D eigenvalue weighted by Crippen LogP contribution is 2.23. The molecule has 0 unspecified atom stereocenters. The molecule has 4 nitrogen and oxygen atoms in total. The highest BCUT2D eigenvalue weighted by Gasteiger charge is 2.14. The number of hydrogen-bond acceptors (Lipinski definition) is 4. The van der Waals surface area contributed by atoms with Crippen LogP contribution in [-0.4, -0.2) is 9.97 Å². The van der Waals surface area contributed by atoms with Gasteiger partial charge >= 0.3 is 0 Å². The molecule has 2 N–H and O–H groups in total. The second-order valence-electron chi connectivity index (χ2n) is 4.75. The SMILES string of the molecule is Fc1ccc(Nc2nccc(Nc3cccc(Cl)c3)n2)c(F)c1F. The summed E-state index contributed by atoms with van der Waals surface area (Å²) in [6, 6.07) is 10.5. The van der Waals surface area contributed by atoms with E-state index in [4.69, 9.17) is 11.6 Å². The maximum absolute atomic E-state index is 13.7. The molecule has 0 radical (unpaired) electrons. The molecule has 0 saturated carbocycles. The van der Waals surface area contributed by atoms with E-state index in [9.17, 15) is 13.2 Å². The summed E-state index contributed by atoms with van der Waals surface area (Å²) in [4.78, 5) is 8.04. The van der Waals surface area contributed by atoms with E-state index in [0.29, 0.717) is 16.5 Å². The van der Waals surface area contributed by atoms with Gasteiger partial charge in [-0.05, 0) is 36.4 Å². The van der Waals surface area contributed by atoms with E-state index in [1.54, 1.807) is 30.3 Å². The summed E-state index contributed by atoms with van der Waals surface area (Å²) in [6.45, 7) is 0. The Balaban J connectivity index is 1.82. The molecule has 1 heterocycles. The predicted molar refractivity (Wildman–Crippen MR) is 86.4 cm³/mol. The zero-order valence-corrected chi connectivity index (χ0v) is 12.8. The van der Waals surface area contributed by atoms with Gasteiger partial charge in [-0.1, -0.05) is 17.7 Å². The maximum atomic E-state index is 13.7. The zero-order chi connectivity index (χ0) is 17.1. The quantitative estimate of drug-likeness (QED) is 0.648. The van der Waals surface area contributed by atoms with Gasteiger partial charge in [0.2, 0.25) is 5.95 Å². The normalized spacial score (nSPS) is 10.5. The number of nitrogens with zero attached hydrogens (tertiary/aromatic N) is 2. The van der Waals surface area contributed by atoms with Crippen LogP contribution in [0.4, 0.5) is 36.3 Å². The number of benzene rings is 2. The fourth-order valence-electron chi connectivity index (χ4n) is 1.95. The van der Waals surface area contributed by atoms with Gasteiger partial charge in [-0.15, -0.1) is 0 Å². The lowest BCUT2D eigenvalue weighted by molar-refractivity contribution is 0.449. The molecule has 0 aliphatic carbocycles. The lowest BCUT2D eigenvalue weighted by Crippen LogP contribution is -2.03. The Morgan fingerprint density at radius 2 is 1.75 bits per heavy atom. The van der Waals surface area contributed by atoms with Gasteiger partial charge in [-0.3, -0.25) is 0 Å². The largest absolute Gasteiger partial charge is 0.340 e. The first-order valence-electron chi connectivity index (χ1n) is 6.79. The van der Waals surface area contributed by atoms with Crippen LogP contribution in [0, 0.1) is 17.5 Å². The van der Waals surface area contributed by atoms with Gasteiger partial charge in [-0.2, -0.15) is 4.98 Å². The first kappa shape index (κ1) is 16.1. The Bertz CT molecular complexity index is 889. The van der Waals surface area contributed by atoms with Gasteiger partial charge in [0, 0.05) is 16.9 Å². The van der Waals surface area contributed by atoms with Crippen LogP contribution in [0.15, 0.2) is 48.7 Å². The van der Waals surface area contributed by atoms with Gasteiger partial charge in [0.25, 0.3) is 0 Å². The zero-order valence-electron chi connectivity index (χ0n) is 12.0. The van der Waals surface area contributed by atoms with Gasteiger partial charge in [0.05, 0.1) is 5.69 Å². The van der Waals surface area contributed by atoms with E-state index >= 15 is 0 Å². The van der Waals surface area contributed by atoms with E-state index in [-0.39, 0.29) is 11.6 Å². The number of aromatic nitrogens is 2. The van der Waals surface area contributed by atoms with Gasteiger partial charge in [0.15, 0.2) is 17.5 Å². The molecule has 0 aliphatic heterocycles. The van der Waals surface area contributed by atoms with Crippen molar-refractivity contribution in [2.75, 3.05) is 10.6 Å². The Labute approximate surface area is 140 Å². The molecule has 2 aromatic carbocycles. The van der Waals surface area contributed by atoms with Crippen molar-refractivity contribution in [3.8, 4) is 0 Å². The highest BCUT2D eigenvalue weighted by molar-refractivity contribution is 6.30. The van der Waals surface area contributed by atoms with E-state index in [1.165, 1.54) is 6.20 Å². The van der Waals surface area contributed by atoms with Crippen LogP contribution in [0.2, 0.25) is 5.02 Å². The van der Waals surface area contributed by atoms with Crippen molar-refractivity contribution in [2.24, 2.45) is 0 Å². The van der Waals surface area contributed by atoms with Crippen molar-refractivity contribution in [1.82, 2.24) is 9.97 Å². The fraction of sp³-hybridized carbons (Fsp3) is 0. The van der Waals surface area contributed by atoms with Crippen molar-refractivity contribution in [1.29, 1.82) is 0 Å². The molecular weight excluding hydrogens is 341 g/mol. The van der Waals surface area contributed by atoms with Gasteiger partial charge in [-0.25, -0.2) is 18.2 Å². The lowest BCUT2D eigenvalue weighted by Gasteiger charge is -2.09. The number of nitrogens with one attached hydrogen (secondary N) is 2. The number of halogens is 4. The second-order valence-corrected chi connectivity index (χ2v) is 5.19. The summed E-state index contributed by atoms with van der Waals surface area (Å²) in [5.74, 6) is -3.74. The van der Waals surface area contributed by atoms with Crippen molar-refractivity contribution in [2.45, 2.75) is 0 Å². The minimum Gasteiger partial charge on any atom is -0.340 e. The molecule has 0 atom stereocenters. The summed E-state index contributed by atoms with van der Waals surface area (Å²) in [5, 5.41) is 6.06. The summed E-state index contributed by atoms with van der Waals surface area (Å²) in [7, 11) is 0. The molecule has 3 aromatic rings. The molecule has 0 saturated heterocycles. The number of rotatable bonds is 4. The molecule has 0 aliphatic rings. The standard InChI is InChI=1S/C16H10ClF3N4/c17-9-2-1-3-10(8-9)22-13-6-7-21-16(24-13)23-12-5-4-11(18)14(19)15(12)20/h1-8H,(H2,21,22,23,24). The molecule has 1 aromatic heterocycles. The number of hydrogen-bond donors (Lipinski definition) is 2. The Kier molecular flexibility index (Phi) is 4.52. The van der Waals surface area contributed by atoms with E-state index in [2.05, 4.69) is 20.6 Å². The Morgan fingerprint density at radius 1 is 0.917 bits per heavy atom. The van der Waals surface area contributed by atoms with Crippen LogP contribution in [-0.2, 0) is 0 Å². The van der Waals surface area contributed by atoms with Gasteiger partial charge in [0.1, 0.15) is 5.82 Å². The lowest BCUT2D eigenvalue weighted by atomic mass is 10.3. The van der Waals surface area contributed by atoms with Crippen LogP contribution in [0.25, 0.3) is 0 Å². The van der Waals surface area contributed by atoms with Crippen LogP contribution in [0.3, 0.4) is 0 Å². The molecule has 122 valence electrons. The second kappa shape index (κ2) is 6.76. The average molecular weight is 351 g/mol. The van der Waals surface area contributed by atoms with E-state index in [1.807, 2.05) is 0 Å². The van der Waals surface area contributed by atoms with Crippen LogP contribution < -0.4 is 10.6 Å². The van der Waals surface area contributed by atoms with Crippen molar-refractivity contribution < 1.29 is 13.2 Å². The number of anilines is 4. The van der Waals surface area contributed by atoms with E-state index in [0.717, 1.165) is 12.1 Å². The summed E-state index contributed by atoms with van der Waals surface area (Å²) < 4.78 is 39.9. The topological polar surface area (TPSA) is 49.8 Å². The maximum Gasteiger partial charge on any atom is 0.229 e. The third-order valence-corrected chi connectivity index (χ3v) is 3.27. The summed E-state index contributed by atoms with van der Waals surface area (Å²) in [6.07, 6.45) is 1.43. The van der Waals surface area contributed by atoms with Crippen LogP contribution in [0.5, 0.6) is 0 Å². The Hall–Kier alpha value is -2.80. The van der Waals surface area contributed by atoms with Crippen molar-refractivity contribution >= 4 is 34.7 Å². The summed E-state index contributed by atoms with van der Waals surface area (Å²) >= 11 is 5.90. The Morgan fingerprint density at radius 3 is 2.54 bits per heavy atom. The molecule has 24 heavy (non-hydrogen) atoms.